The Morgan fingerprint density at radius 1 is 1.15 bits per heavy atom. The first-order chi connectivity index (χ1) is 16.1. The van der Waals surface area contributed by atoms with Gasteiger partial charge in [-0.25, -0.2) is 9.97 Å². The van der Waals surface area contributed by atoms with Crippen LogP contribution in [0.4, 0.5) is 5.82 Å². The SMILES string of the molecule is Cc1nc(C2CCCCN2C(=O)c2ccn[nH]2)nc2c1CC(=O)N2CCCc1ccccc1. The van der Waals surface area contributed by atoms with E-state index in [1.807, 2.05) is 30.0 Å². The highest BCUT2D eigenvalue weighted by Crippen LogP contribution is 2.35. The Morgan fingerprint density at radius 2 is 2.00 bits per heavy atom. The van der Waals surface area contributed by atoms with Crippen LogP contribution in [0.3, 0.4) is 0 Å². The van der Waals surface area contributed by atoms with Crippen molar-refractivity contribution in [3.8, 4) is 0 Å². The highest BCUT2D eigenvalue weighted by Gasteiger charge is 2.35. The molecule has 5 rings (SSSR count). The van der Waals surface area contributed by atoms with Gasteiger partial charge in [-0.1, -0.05) is 30.3 Å². The van der Waals surface area contributed by atoms with E-state index in [4.69, 9.17) is 9.97 Å². The van der Waals surface area contributed by atoms with Crippen molar-refractivity contribution in [2.24, 2.45) is 0 Å². The molecule has 1 saturated heterocycles. The Hall–Kier alpha value is -3.55. The van der Waals surface area contributed by atoms with Crippen LogP contribution in [0.25, 0.3) is 0 Å². The van der Waals surface area contributed by atoms with Crippen molar-refractivity contribution in [2.75, 3.05) is 18.0 Å². The van der Waals surface area contributed by atoms with Gasteiger partial charge in [0.2, 0.25) is 5.91 Å². The number of aromatic nitrogens is 4. The van der Waals surface area contributed by atoms with Crippen molar-refractivity contribution in [3.05, 3.63) is 70.9 Å². The Bertz CT molecular complexity index is 1150. The molecule has 4 heterocycles. The molecule has 170 valence electrons. The molecule has 0 aliphatic carbocycles. The lowest BCUT2D eigenvalue weighted by Crippen LogP contribution is -2.39. The number of carbonyl (C=O) groups is 2. The summed E-state index contributed by atoms with van der Waals surface area (Å²) in [7, 11) is 0. The minimum absolute atomic E-state index is 0.0710. The lowest BCUT2D eigenvalue weighted by molar-refractivity contribution is -0.117. The van der Waals surface area contributed by atoms with E-state index in [0.29, 0.717) is 31.0 Å². The molecule has 1 atom stereocenters. The smallest absolute Gasteiger partial charge is 0.272 e. The van der Waals surface area contributed by atoms with Crippen LogP contribution in [0.2, 0.25) is 0 Å². The van der Waals surface area contributed by atoms with Gasteiger partial charge in [0.05, 0.1) is 12.5 Å². The number of rotatable bonds is 6. The van der Waals surface area contributed by atoms with Gasteiger partial charge in [0.15, 0.2) is 5.82 Å². The number of likely N-dealkylation sites (tertiary alicyclic amines) is 1. The predicted molar refractivity (Wildman–Crippen MR) is 124 cm³/mol. The Kier molecular flexibility index (Phi) is 5.90. The number of H-pyrrole nitrogens is 1. The maximum Gasteiger partial charge on any atom is 0.272 e. The fourth-order valence-electron chi connectivity index (χ4n) is 4.84. The molecule has 1 aromatic carbocycles. The average Bonchev–Trinajstić information content (AvgIpc) is 3.48. The quantitative estimate of drug-likeness (QED) is 0.629. The fraction of sp³-hybridized carbons (Fsp3) is 0.400. The van der Waals surface area contributed by atoms with Gasteiger partial charge in [-0.2, -0.15) is 5.10 Å². The number of benzene rings is 1. The van der Waals surface area contributed by atoms with Crippen molar-refractivity contribution < 1.29 is 9.59 Å². The molecule has 0 spiro atoms. The van der Waals surface area contributed by atoms with Gasteiger partial charge in [-0.15, -0.1) is 0 Å². The molecule has 1 N–H and O–H groups in total. The summed E-state index contributed by atoms with van der Waals surface area (Å²) in [4.78, 5) is 39.2. The van der Waals surface area contributed by atoms with Gasteiger partial charge in [0.25, 0.3) is 5.91 Å². The van der Waals surface area contributed by atoms with Crippen LogP contribution in [0, 0.1) is 6.92 Å². The van der Waals surface area contributed by atoms with Gasteiger partial charge < -0.3 is 4.90 Å². The number of aromatic amines is 1. The topological polar surface area (TPSA) is 95.1 Å². The number of fused-ring (bicyclic) bond motifs is 1. The molecule has 2 aliphatic rings. The van der Waals surface area contributed by atoms with E-state index >= 15 is 0 Å². The molecular weight excluding hydrogens is 416 g/mol. The third-order valence-corrected chi connectivity index (χ3v) is 6.58. The van der Waals surface area contributed by atoms with E-state index in [1.165, 1.54) is 5.56 Å². The van der Waals surface area contributed by atoms with E-state index in [2.05, 4.69) is 22.3 Å². The highest BCUT2D eigenvalue weighted by molar-refractivity contribution is 6.00. The van der Waals surface area contributed by atoms with Gasteiger partial charge in [-0.05, 0) is 50.7 Å². The molecule has 3 aromatic rings. The largest absolute Gasteiger partial charge is 0.327 e. The first-order valence-corrected chi connectivity index (χ1v) is 11.6. The zero-order valence-electron chi connectivity index (χ0n) is 18.8. The third-order valence-electron chi connectivity index (χ3n) is 6.58. The van der Waals surface area contributed by atoms with Crippen LogP contribution in [0.1, 0.15) is 64.9 Å². The van der Waals surface area contributed by atoms with Crippen LogP contribution in [-0.2, 0) is 17.6 Å². The monoisotopic (exact) mass is 444 g/mol. The molecule has 8 heteroatoms. The molecule has 2 aromatic heterocycles. The second kappa shape index (κ2) is 9.13. The van der Waals surface area contributed by atoms with Crippen molar-refractivity contribution in [1.29, 1.82) is 0 Å². The van der Waals surface area contributed by atoms with Crippen LogP contribution in [0.5, 0.6) is 0 Å². The summed E-state index contributed by atoms with van der Waals surface area (Å²) in [5, 5.41) is 6.69. The van der Waals surface area contributed by atoms with Crippen molar-refractivity contribution in [3.63, 3.8) is 0 Å². The first-order valence-electron chi connectivity index (χ1n) is 11.6. The zero-order chi connectivity index (χ0) is 22.8. The second-order valence-electron chi connectivity index (χ2n) is 8.76. The van der Waals surface area contributed by atoms with Crippen LogP contribution < -0.4 is 4.90 Å². The third kappa shape index (κ3) is 4.25. The highest BCUT2D eigenvalue weighted by atomic mass is 16.2. The summed E-state index contributed by atoms with van der Waals surface area (Å²) in [6.07, 6.45) is 6.46. The number of piperidine rings is 1. The maximum absolute atomic E-state index is 13.1. The molecule has 1 unspecified atom stereocenters. The summed E-state index contributed by atoms with van der Waals surface area (Å²) in [5.41, 5.74) is 3.47. The molecule has 0 saturated carbocycles. The maximum atomic E-state index is 13.1. The number of nitrogens with one attached hydrogen (secondary N) is 1. The molecule has 2 amide bonds. The van der Waals surface area contributed by atoms with Gasteiger partial charge in [-0.3, -0.25) is 19.6 Å². The van der Waals surface area contributed by atoms with E-state index in [0.717, 1.165) is 49.2 Å². The Morgan fingerprint density at radius 3 is 2.79 bits per heavy atom. The summed E-state index contributed by atoms with van der Waals surface area (Å²) in [5.74, 6) is 1.33. The Balaban J connectivity index is 1.39. The van der Waals surface area contributed by atoms with Gasteiger partial charge in [0.1, 0.15) is 11.5 Å². The van der Waals surface area contributed by atoms with E-state index < -0.39 is 0 Å². The van der Waals surface area contributed by atoms with Gasteiger partial charge in [0, 0.05) is 30.5 Å². The van der Waals surface area contributed by atoms with Crippen molar-refractivity contribution in [2.45, 2.75) is 51.5 Å². The number of amides is 2. The summed E-state index contributed by atoms with van der Waals surface area (Å²) in [6.45, 7) is 3.22. The normalized spacial score (nSPS) is 18.0. The molecule has 8 nitrogen and oxygen atoms in total. The van der Waals surface area contributed by atoms with Gasteiger partial charge >= 0.3 is 0 Å². The first kappa shape index (κ1) is 21.3. The lowest BCUT2D eigenvalue weighted by atomic mass is 10.0. The molecule has 1 fully saturated rings. The predicted octanol–water partition coefficient (Wildman–Crippen LogP) is 3.40. The van der Waals surface area contributed by atoms with Crippen molar-refractivity contribution >= 4 is 17.6 Å². The summed E-state index contributed by atoms with van der Waals surface area (Å²) in [6, 6.07) is 11.8. The number of nitrogens with zero attached hydrogens (tertiary/aromatic N) is 5. The summed E-state index contributed by atoms with van der Waals surface area (Å²) >= 11 is 0. The molecule has 33 heavy (non-hydrogen) atoms. The minimum atomic E-state index is -0.208. The number of hydrogen-bond acceptors (Lipinski definition) is 5. The van der Waals surface area contributed by atoms with E-state index in [-0.39, 0.29) is 17.9 Å². The average molecular weight is 445 g/mol. The zero-order valence-corrected chi connectivity index (χ0v) is 18.8. The van der Waals surface area contributed by atoms with Crippen LogP contribution >= 0.6 is 0 Å². The number of carbonyl (C=O) groups excluding carboxylic acids is 2. The molecule has 2 aliphatic heterocycles. The molecule has 0 radical (unpaired) electrons. The Labute approximate surface area is 193 Å². The van der Waals surface area contributed by atoms with E-state index in [9.17, 15) is 9.59 Å². The number of aryl methyl sites for hydroxylation is 2. The molecule has 0 bridgehead atoms. The second-order valence-corrected chi connectivity index (χ2v) is 8.76. The summed E-state index contributed by atoms with van der Waals surface area (Å²) < 4.78 is 0. The lowest BCUT2D eigenvalue weighted by Gasteiger charge is -2.34. The fourth-order valence-corrected chi connectivity index (χ4v) is 4.84. The van der Waals surface area contributed by atoms with Crippen molar-refractivity contribution in [1.82, 2.24) is 25.1 Å². The van der Waals surface area contributed by atoms with Crippen LogP contribution in [-0.4, -0.2) is 50.0 Å². The van der Waals surface area contributed by atoms with Crippen LogP contribution in [0.15, 0.2) is 42.6 Å². The molecular formula is C25H28N6O2. The number of hydrogen-bond donors (Lipinski definition) is 1. The standard InChI is InChI=1S/C25H28N6O2/c1-17-19-16-22(32)31(15-7-10-18-8-3-2-4-9-18)24(19)28-23(27-17)21-11-5-6-14-30(21)25(33)20-12-13-26-29-20/h2-4,8-9,12-13,21H,5-7,10-11,14-16H2,1H3,(H,26,29). The number of anilines is 1. The minimum Gasteiger partial charge on any atom is -0.327 e. The van der Waals surface area contributed by atoms with E-state index in [1.54, 1.807) is 17.2 Å².